The Morgan fingerprint density at radius 2 is 1.52 bits per heavy atom. The fourth-order valence-electron chi connectivity index (χ4n) is 1.99. The van der Waals surface area contributed by atoms with Crippen molar-refractivity contribution in [3.63, 3.8) is 0 Å². The van der Waals surface area contributed by atoms with Crippen molar-refractivity contribution in [2.75, 3.05) is 33.0 Å². The van der Waals surface area contributed by atoms with Crippen LogP contribution in [0.4, 0.5) is 5.69 Å². The maximum absolute atomic E-state index is 10.7. The molecular formula is C18H21NO6. The van der Waals surface area contributed by atoms with Gasteiger partial charge in [0.05, 0.1) is 24.7 Å². The predicted octanol–water partition coefficient (Wildman–Crippen LogP) is 3.82. The van der Waals surface area contributed by atoms with Crippen molar-refractivity contribution < 1.29 is 23.9 Å². The van der Waals surface area contributed by atoms with Crippen LogP contribution in [0.2, 0.25) is 0 Å². The van der Waals surface area contributed by atoms with Gasteiger partial charge in [-0.3, -0.25) is 10.1 Å². The molecule has 0 saturated heterocycles. The molecule has 0 heterocycles. The summed E-state index contributed by atoms with van der Waals surface area (Å²) in [7, 11) is 0. The van der Waals surface area contributed by atoms with Crippen molar-refractivity contribution in [3.05, 3.63) is 58.6 Å². The maximum atomic E-state index is 10.7. The van der Waals surface area contributed by atoms with Gasteiger partial charge in [0.1, 0.15) is 12.4 Å². The molecule has 0 atom stereocenters. The van der Waals surface area contributed by atoms with E-state index in [1.54, 1.807) is 24.3 Å². The standard InChI is InChI=1S/C18H21NO6/c1-2-22-11-12-23-13-14-24-17-5-3-4-6-18(17)25-16-9-7-15(8-10-16)19(20)21/h3-10H,2,11-14H2,1H3. The van der Waals surface area contributed by atoms with Crippen molar-refractivity contribution >= 4 is 5.69 Å². The minimum atomic E-state index is -0.452. The molecule has 7 heteroatoms. The Morgan fingerprint density at radius 1 is 0.880 bits per heavy atom. The molecule has 0 aliphatic heterocycles. The zero-order chi connectivity index (χ0) is 17.9. The highest BCUT2D eigenvalue weighted by molar-refractivity contribution is 5.44. The van der Waals surface area contributed by atoms with Gasteiger partial charge < -0.3 is 18.9 Å². The molecule has 0 amide bonds. The second kappa shape index (κ2) is 10.3. The second-order valence-corrected chi connectivity index (χ2v) is 4.96. The van der Waals surface area contributed by atoms with Crippen molar-refractivity contribution in [3.8, 4) is 17.2 Å². The van der Waals surface area contributed by atoms with Gasteiger partial charge in [-0.15, -0.1) is 0 Å². The Hall–Kier alpha value is -2.64. The first-order valence-electron chi connectivity index (χ1n) is 8.00. The van der Waals surface area contributed by atoms with Gasteiger partial charge in [0.15, 0.2) is 11.5 Å². The molecule has 7 nitrogen and oxygen atoms in total. The third-order valence-corrected chi connectivity index (χ3v) is 3.19. The summed E-state index contributed by atoms with van der Waals surface area (Å²) in [4.78, 5) is 10.2. The number of non-ortho nitro benzene ring substituents is 1. The topological polar surface area (TPSA) is 80.1 Å². The first-order valence-corrected chi connectivity index (χ1v) is 8.00. The monoisotopic (exact) mass is 347 g/mol. The molecule has 0 aliphatic carbocycles. The Morgan fingerprint density at radius 3 is 2.20 bits per heavy atom. The largest absolute Gasteiger partial charge is 0.487 e. The predicted molar refractivity (Wildman–Crippen MR) is 92.4 cm³/mol. The smallest absolute Gasteiger partial charge is 0.269 e. The molecule has 0 spiro atoms. The van der Waals surface area contributed by atoms with Crippen LogP contribution < -0.4 is 9.47 Å². The van der Waals surface area contributed by atoms with Crippen LogP contribution in [0.15, 0.2) is 48.5 Å². The number of hydrogen-bond acceptors (Lipinski definition) is 6. The van der Waals surface area contributed by atoms with Crippen LogP contribution >= 0.6 is 0 Å². The fraction of sp³-hybridized carbons (Fsp3) is 0.333. The number of benzene rings is 2. The molecule has 2 aromatic carbocycles. The molecule has 0 fully saturated rings. The summed E-state index contributed by atoms with van der Waals surface area (Å²) in [6.07, 6.45) is 0. The Balaban J connectivity index is 1.86. The minimum Gasteiger partial charge on any atom is -0.487 e. The van der Waals surface area contributed by atoms with Crippen molar-refractivity contribution in [2.24, 2.45) is 0 Å². The number of para-hydroxylation sites is 2. The van der Waals surface area contributed by atoms with Crippen molar-refractivity contribution in [1.29, 1.82) is 0 Å². The number of nitro benzene ring substituents is 1. The van der Waals surface area contributed by atoms with Gasteiger partial charge >= 0.3 is 0 Å². The summed E-state index contributed by atoms with van der Waals surface area (Å²) in [5, 5.41) is 10.7. The molecule has 0 unspecified atom stereocenters. The Bertz CT molecular complexity index is 659. The van der Waals surface area contributed by atoms with E-state index in [4.69, 9.17) is 18.9 Å². The molecule has 0 radical (unpaired) electrons. The summed E-state index contributed by atoms with van der Waals surface area (Å²) in [6.45, 7) is 4.53. The first-order chi connectivity index (χ1) is 12.2. The van der Waals surface area contributed by atoms with Crippen LogP contribution in [0.5, 0.6) is 17.2 Å². The lowest BCUT2D eigenvalue weighted by Gasteiger charge is -2.12. The zero-order valence-electron chi connectivity index (χ0n) is 14.1. The van der Waals surface area contributed by atoms with Crippen LogP contribution in [0.1, 0.15) is 6.92 Å². The van der Waals surface area contributed by atoms with Gasteiger partial charge in [0.25, 0.3) is 5.69 Å². The Kier molecular flexibility index (Phi) is 7.68. The van der Waals surface area contributed by atoms with E-state index in [9.17, 15) is 10.1 Å². The van der Waals surface area contributed by atoms with Crippen molar-refractivity contribution in [2.45, 2.75) is 6.92 Å². The van der Waals surface area contributed by atoms with E-state index >= 15 is 0 Å². The van der Waals surface area contributed by atoms with E-state index in [0.29, 0.717) is 50.3 Å². The van der Waals surface area contributed by atoms with E-state index < -0.39 is 4.92 Å². The summed E-state index contributed by atoms with van der Waals surface area (Å²) in [5.41, 5.74) is 0.0149. The first kappa shape index (κ1) is 18.7. The van der Waals surface area contributed by atoms with Crippen LogP contribution in [-0.2, 0) is 9.47 Å². The summed E-state index contributed by atoms with van der Waals surface area (Å²) in [5.74, 6) is 1.61. The molecular weight excluding hydrogens is 326 g/mol. The summed E-state index contributed by atoms with van der Waals surface area (Å²) < 4.78 is 22.0. The number of rotatable bonds is 11. The highest BCUT2D eigenvalue weighted by Gasteiger charge is 2.08. The second-order valence-electron chi connectivity index (χ2n) is 4.96. The quantitative estimate of drug-likeness (QED) is 0.349. The Labute approximate surface area is 146 Å². The normalized spacial score (nSPS) is 10.4. The summed E-state index contributed by atoms with van der Waals surface area (Å²) in [6, 6.07) is 13.1. The van der Waals surface area contributed by atoms with Gasteiger partial charge in [0, 0.05) is 18.7 Å². The fourth-order valence-corrected chi connectivity index (χ4v) is 1.99. The van der Waals surface area contributed by atoms with Gasteiger partial charge in [0.2, 0.25) is 0 Å². The highest BCUT2D eigenvalue weighted by Crippen LogP contribution is 2.31. The number of hydrogen-bond donors (Lipinski definition) is 0. The van der Waals surface area contributed by atoms with Gasteiger partial charge in [-0.05, 0) is 31.2 Å². The van der Waals surface area contributed by atoms with Crippen molar-refractivity contribution in [1.82, 2.24) is 0 Å². The molecule has 0 saturated carbocycles. The van der Waals surface area contributed by atoms with E-state index in [-0.39, 0.29) is 5.69 Å². The van der Waals surface area contributed by atoms with E-state index in [1.807, 2.05) is 19.1 Å². The minimum absolute atomic E-state index is 0.0149. The third-order valence-electron chi connectivity index (χ3n) is 3.19. The van der Waals surface area contributed by atoms with E-state index in [1.165, 1.54) is 12.1 Å². The summed E-state index contributed by atoms with van der Waals surface area (Å²) >= 11 is 0. The molecule has 0 aromatic heterocycles. The highest BCUT2D eigenvalue weighted by atomic mass is 16.6. The van der Waals surface area contributed by atoms with Crippen LogP contribution in [0, 0.1) is 10.1 Å². The van der Waals surface area contributed by atoms with Gasteiger partial charge in [-0.1, -0.05) is 12.1 Å². The number of nitrogens with zero attached hydrogens (tertiary/aromatic N) is 1. The van der Waals surface area contributed by atoms with Crippen LogP contribution in [0.3, 0.4) is 0 Å². The van der Waals surface area contributed by atoms with Gasteiger partial charge in [-0.2, -0.15) is 0 Å². The number of nitro groups is 1. The third kappa shape index (κ3) is 6.40. The molecule has 0 aliphatic rings. The maximum Gasteiger partial charge on any atom is 0.269 e. The molecule has 2 aromatic rings. The van der Waals surface area contributed by atoms with E-state index in [0.717, 1.165) is 0 Å². The lowest BCUT2D eigenvalue weighted by Crippen LogP contribution is -2.11. The molecule has 2 rings (SSSR count). The van der Waals surface area contributed by atoms with Crippen LogP contribution in [-0.4, -0.2) is 38.0 Å². The van der Waals surface area contributed by atoms with Crippen LogP contribution in [0.25, 0.3) is 0 Å². The lowest BCUT2D eigenvalue weighted by atomic mass is 10.3. The molecule has 134 valence electrons. The SMILES string of the molecule is CCOCCOCCOc1ccccc1Oc1ccc([N+](=O)[O-])cc1. The van der Waals surface area contributed by atoms with E-state index in [2.05, 4.69) is 0 Å². The lowest BCUT2D eigenvalue weighted by molar-refractivity contribution is -0.384. The molecule has 0 bridgehead atoms. The van der Waals surface area contributed by atoms with Gasteiger partial charge in [-0.25, -0.2) is 0 Å². The zero-order valence-corrected chi connectivity index (χ0v) is 14.1. The average Bonchev–Trinajstić information content (AvgIpc) is 2.63. The molecule has 25 heavy (non-hydrogen) atoms. The molecule has 0 N–H and O–H groups in total. The average molecular weight is 347 g/mol. The number of ether oxygens (including phenoxy) is 4.